The van der Waals surface area contributed by atoms with Crippen molar-refractivity contribution in [3.05, 3.63) is 53.8 Å². The van der Waals surface area contributed by atoms with Gasteiger partial charge < -0.3 is 5.73 Å². The van der Waals surface area contributed by atoms with Gasteiger partial charge in [0.2, 0.25) is 0 Å². The molecule has 0 spiro atoms. The van der Waals surface area contributed by atoms with E-state index in [4.69, 9.17) is 5.73 Å². The molecule has 0 aromatic heterocycles. The average molecular weight is 201 g/mol. The van der Waals surface area contributed by atoms with Crippen molar-refractivity contribution in [3.8, 4) is 11.1 Å². The molecule has 0 saturated heterocycles. The summed E-state index contributed by atoms with van der Waals surface area (Å²) in [7, 11) is 0. The van der Waals surface area contributed by atoms with Crippen LogP contribution < -0.4 is 5.73 Å². The smallest absolute Gasteiger partial charge is 0.123 e. The predicted octanol–water partition coefficient (Wildman–Crippen LogP) is 3.38. The van der Waals surface area contributed by atoms with E-state index in [1.54, 1.807) is 6.07 Å². The summed E-state index contributed by atoms with van der Waals surface area (Å²) in [6, 6.07) is 12.2. The monoisotopic (exact) mass is 201 g/mol. The lowest BCUT2D eigenvalue weighted by atomic mass is 10.0. The van der Waals surface area contributed by atoms with Gasteiger partial charge in [-0.1, -0.05) is 23.8 Å². The quantitative estimate of drug-likeness (QED) is 0.703. The molecular formula is C13H12FN. The lowest BCUT2D eigenvalue weighted by molar-refractivity contribution is 0.628. The number of benzene rings is 2. The minimum absolute atomic E-state index is 0.242. The van der Waals surface area contributed by atoms with Crippen molar-refractivity contribution >= 4 is 5.69 Å². The van der Waals surface area contributed by atoms with Gasteiger partial charge in [0, 0.05) is 11.3 Å². The van der Waals surface area contributed by atoms with Crippen LogP contribution in [0, 0.1) is 12.7 Å². The maximum Gasteiger partial charge on any atom is 0.123 e. The number of aryl methyl sites for hydroxylation is 1. The summed E-state index contributed by atoms with van der Waals surface area (Å²) in [5.41, 5.74) is 9.34. The molecule has 0 bridgehead atoms. The maximum absolute atomic E-state index is 13.0. The third-order valence-electron chi connectivity index (χ3n) is 2.34. The van der Waals surface area contributed by atoms with Crippen molar-refractivity contribution in [2.75, 3.05) is 5.73 Å². The van der Waals surface area contributed by atoms with E-state index < -0.39 is 0 Å². The molecule has 2 aromatic rings. The van der Waals surface area contributed by atoms with Crippen LogP contribution in [0.2, 0.25) is 0 Å². The van der Waals surface area contributed by atoms with Gasteiger partial charge in [0.15, 0.2) is 0 Å². The fourth-order valence-corrected chi connectivity index (χ4v) is 1.58. The highest BCUT2D eigenvalue weighted by Gasteiger charge is 2.03. The number of hydrogen-bond donors (Lipinski definition) is 1. The van der Waals surface area contributed by atoms with E-state index in [9.17, 15) is 4.39 Å². The van der Waals surface area contributed by atoms with Gasteiger partial charge in [-0.15, -0.1) is 0 Å². The zero-order chi connectivity index (χ0) is 10.8. The summed E-state index contributed by atoms with van der Waals surface area (Å²) in [6.45, 7) is 1.99. The lowest BCUT2D eigenvalue weighted by Crippen LogP contribution is -1.91. The fraction of sp³-hybridized carbons (Fsp3) is 0.0769. The predicted molar refractivity (Wildman–Crippen MR) is 61.0 cm³/mol. The second-order valence-electron chi connectivity index (χ2n) is 3.60. The molecule has 0 radical (unpaired) electrons. The zero-order valence-corrected chi connectivity index (χ0v) is 8.50. The minimum atomic E-state index is -0.242. The zero-order valence-electron chi connectivity index (χ0n) is 8.50. The van der Waals surface area contributed by atoms with Crippen LogP contribution in [0.5, 0.6) is 0 Å². The highest BCUT2D eigenvalue weighted by atomic mass is 19.1. The molecule has 0 unspecified atom stereocenters. The highest BCUT2D eigenvalue weighted by Crippen LogP contribution is 2.27. The molecule has 0 aliphatic rings. The van der Waals surface area contributed by atoms with Gasteiger partial charge in [0.1, 0.15) is 5.82 Å². The Hall–Kier alpha value is -1.83. The fourth-order valence-electron chi connectivity index (χ4n) is 1.58. The van der Waals surface area contributed by atoms with Gasteiger partial charge in [-0.05, 0) is 36.8 Å². The van der Waals surface area contributed by atoms with E-state index in [1.165, 1.54) is 12.1 Å². The van der Waals surface area contributed by atoms with E-state index in [1.807, 2.05) is 31.2 Å². The van der Waals surface area contributed by atoms with Crippen LogP contribution in [0.4, 0.5) is 10.1 Å². The van der Waals surface area contributed by atoms with E-state index in [0.717, 1.165) is 16.7 Å². The van der Waals surface area contributed by atoms with Gasteiger partial charge in [-0.3, -0.25) is 0 Å². The molecule has 2 aromatic carbocycles. The molecule has 2 rings (SSSR count). The minimum Gasteiger partial charge on any atom is -0.398 e. The molecule has 1 nitrogen and oxygen atoms in total. The van der Waals surface area contributed by atoms with Crippen LogP contribution in [0.25, 0.3) is 11.1 Å². The normalized spacial score (nSPS) is 10.3. The molecule has 0 heterocycles. The number of nitrogens with two attached hydrogens (primary N) is 1. The third kappa shape index (κ3) is 1.99. The van der Waals surface area contributed by atoms with Crippen molar-refractivity contribution in [1.82, 2.24) is 0 Å². The number of anilines is 1. The first kappa shape index (κ1) is 9.71. The standard InChI is InChI=1S/C13H12FN/c1-9-5-6-13(15)12(7-9)10-3-2-4-11(14)8-10/h2-8H,15H2,1H3. The van der Waals surface area contributed by atoms with Crippen molar-refractivity contribution in [1.29, 1.82) is 0 Å². The Bertz CT molecular complexity index is 492. The number of nitrogen functional groups attached to an aromatic ring is 1. The molecule has 0 fully saturated rings. The maximum atomic E-state index is 13.0. The molecule has 2 N–H and O–H groups in total. The summed E-state index contributed by atoms with van der Waals surface area (Å²) >= 11 is 0. The van der Waals surface area contributed by atoms with Crippen LogP contribution in [-0.2, 0) is 0 Å². The Labute approximate surface area is 88.4 Å². The van der Waals surface area contributed by atoms with Gasteiger partial charge in [0.05, 0.1) is 0 Å². The first-order chi connectivity index (χ1) is 7.16. The third-order valence-corrected chi connectivity index (χ3v) is 2.34. The molecule has 76 valence electrons. The number of rotatable bonds is 1. The van der Waals surface area contributed by atoms with E-state index in [0.29, 0.717) is 5.69 Å². The van der Waals surface area contributed by atoms with Gasteiger partial charge in [0.25, 0.3) is 0 Å². The largest absolute Gasteiger partial charge is 0.398 e. The lowest BCUT2D eigenvalue weighted by Gasteiger charge is -2.06. The van der Waals surface area contributed by atoms with Crippen molar-refractivity contribution in [2.45, 2.75) is 6.92 Å². The molecule has 15 heavy (non-hydrogen) atoms. The summed E-state index contributed by atoms with van der Waals surface area (Å²) in [5, 5.41) is 0. The summed E-state index contributed by atoms with van der Waals surface area (Å²) in [6.07, 6.45) is 0. The Morgan fingerprint density at radius 3 is 2.60 bits per heavy atom. The Morgan fingerprint density at radius 2 is 1.87 bits per heavy atom. The first-order valence-corrected chi connectivity index (χ1v) is 4.79. The number of halogens is 1. The van der Waals surface area contributed by atoms with Crippen LogP contribution in [0.1, 0.15) is 5.56 Å². The van der Waals surface area contributed by atoms with Crippen molar-refractivity contribution < 1.29 is 4.39 Å². The number of hydrogen-bond acceptors (Lipinski definition) is 1. The topological polar surface area (TPSA) is 26.0 Å². The summed E-state index contributed by atoms with van der Waals surface area (Å²) in [5.74, 6) is -0.242. The van der Waals surface area contributed by atoms with Gasteiger partial charge >= 0.3 is 0 Å². The first-order valence-electron chi connectivity index (χ1n) is 4.79. The molecule has 0 atom stereocenters. The van der Waals surface area contributed by atoms with Gasteiger partial charge in [-0.25, -0.2) is 4.39 Å². The van der Waals surface area contributed by atoms with E-state index in [2.05, 4.69) is 0 Å². The van der Waals surface area contributed by atoms with Crippen LogP contribution in [0.15, 0.2) is 42.5 Å². The summed E-state index contributed by atoms with van der Waals surface area (Å²) < 4.78 is 13.0. The molecule has 0 aliphatic heterocycles. The molecular weight excluding hydrogens is 189 g/mol. The Morgan fingerprint density at radius 1 is 1.07 bits per heavy atom. The summed E-state index contributed by atoms with van der Waals surface area (Å²) in [4.78, 5) is 0. The van der Waals surface area contributed by atoms with Gasteiger partial charge in [-0.2, -0.15) is 0 Å². The average Bonchev–Trinajstić information content (AvgIpc) is 2.22. The highest BCUT2D eigenvalue weighted by molar-refractivity contribution is 5.76. The van der Waals surface area contributed by atoms with Crippen molar-refractivity contribution in [2.24, 2.45) is 0 Å². The SMILES string of the molecule is Cc1ccc(N)c(-c2cccc(F)c2)c1. The molecule has 0 saturated carbocycles. The van der Waals surface area contributed by atoms with Crippen LogP contribution in [-0.4, -0.2) is 0 Å². The Balaban J connectivity index is 2.58. The molecule has 0 aliphatic carbocycles. The van der Waals surface area contributed by atoms with Crippen LogP contribution in [0.3, 0.4) is 0 Å². The second kappa shape index (κ2) is 3.73. The molecule has 2 heteroatoms. The Kier molecular flexibility index (Phi) is 2.42. The van der Waals surface area contributed by atoms with Crippen molar-refractivity contribution in [3.63, 3.8) is 0 Å². The van der Waals surface area contributed by atoms with E-state index >= 15 is 0 Å². The van der Waals surface area contributed by atoms with Crippen LogP contribution >= 0.6 is 0 Å². The second-order valence-corrected chi connectivity index (χ2v) is 3.60. The molecule has 0 amide bonds. The van der Waals surface area contributed by atoms with E-state index in [-0.39, 0.29) is 5.82 Å².